The summed E-state index contributed by atoms with van der Waals surface area (Å²) in [5.74, 6) is 0.865. The van der Waals surface area contributed by atoms with E-state index in [4.69, 9.17) is 16.3 Å². The summed E-state index contributed by atoms with van der Waals surface area (Å²) in [6.45, 7) is 5.10. The summed E-state index contributed by atoms with van der Waals surface area (Å²) in [5.41, 5.74) is 1.19. The third-order valence-corrected chi connectivity index (χ3v) is 4.56. The van der Waals surface area contributed by atoms with Gasteiger partial charge in [0.1, 0.15) is 5.75 Å². The first-order valence-electron chi connectivity index (χ1n) is 6.93. The Morgan fingerprint density at radius 3 is 2.57 bits per heavy atom. The highest BCUT2D eigenvalue weighted by Gasteiger charge is 2.08. The molecule has 21 heavy (non-hydrogen) atoms. The minimum Gasteiger partial charge on any atom is -0.496 e. The minimum absolute atomic E-state index is 0.464. The number of hydrogen-bond acceptors (Lipinski definition) is 3. The van der Waals surface area contributed by atoms with E-state index in [-0.39, 0.29) is 0 Å². The number of nitrogens with one attached hydrogen (secondary N) is 1. The number of para-hydroxylation sites is 1. The molecule has 0 saturated carbocycles. The number of hydrogen-bond donors (Lipinski definition) is 1. The molecule has 0 bridgehead atoms. The first-order chi connectivity index (χ1) is 10.1. The van der Waals surface area contributed by atoms with Crippen molar-refractivity contribution in [2.24, 2.45) is 0 Å². The van der Waals surface area contributed by atoms with Crippen molar-refractivity contribution in [2.45, 2.75) is 36.2 Å². The topological polar surface area (TPSA) is 21.3 Å². The highest BCUT2D eigenvalue weighted by molar-refractivity contribution is 7.99. The molecule has 0 spiro atoms. The quantitative estimate of drug-likeness (QED) is 0.809. The van der Waals surface area contributed by atoms with Crippen LogP contribution in [-0.4, -0.2) is 13.2 Å². The number of ether oxygens (including phenoxy) is 1. The lowest BCUT2D eigenvalue weighted by molar-refractivity contribution is 0.405. The normalized spacial score (nSPS) is 10.9. The lowest BCUT2D eigenvalue weighted by Crippen LogP contribution is -2.21. The van der Waals surface area contributed by atoms with Crippen LogP contribution in [0.5, 0.6) is 5.75 Å². The molecule has 0 amide bonds. The molecule has 112 valence electrons. The van der Waals surface area contributed by atoms with Crippen LogP contribution in [0.2, 0.25) is 5.02 Å². The van der Waals surface area contributed by atoms with Gasteiger partial charge in [0, 0.05) is 17.5 Å². The Balaban J connectivity index is 2.14. The van der Waals surface area contributed by atoms with Crippen LogP contribution in [0.1, 0.15) is 19.4 Å². The molecule has 2 nitrogen and oxygen atoms in total. The Bertz CT molecular complexity index is 601. The molecule has 0 aliphatic rings. The second-order valence-corrected chi connectivity index (χ2v) is 6.54. The molecule has 0 fully saturated rings. The van der Waals surface area contributed by atoms with Gasteiger partial charge in [-0.05, 0) is 29.8 Å². The maximum atomic E-state index is 6.40. The van der Waals surface area contributed by atoms with Crippen LogP contribution in [0.4, 0.5) is 0 Å². The predicted octanol–water partition coefficient (Wildman–Crippen LogP) is 5.00. The second-order valence-electron chi connectivity index (χ2n) is 5.05. The van der Waals surface area contributed by atoms with Gasteiger partial charge < -0.3 is 10.1 Å². The van der Waals surface area contributed by atoms with Gasteiger partial charge in [-0.2, -0.15) is 0 Å². The minimum atomic E-state index is 0.464. The van der Waals surface area contributed by atoms with Gasteiger partial charge in [-0.3, -0.25) is 0 Å². The van der Waals surface area contributed by atoms with Crippen molar-refractivity contribution in [1.82, 2.24) is 5.32 Å². The van der Waals surface area contributed by atoms with Crippen molar-refractivity contribution < 1.29 is 4.74 Å². The molecule has 0 heterocycles. The van der Waals surface area contributed by atoms with E-state index in [0.29, 0.717) is 6.04 Å². The van der Waals surface area contributed by atoms with Gasteiger partial charge in [0.2, 0.25) is 0 Å². The maximum absolute atomic E-state index is 6.40. The van der Waals surface area contributed by atoms with E-state index >= 15 is 0 Å². The zero-order chi connectivity index (χ0) is 15.2. The standard InChI is InChI=1S/C17H20ClNOS/c1-12(2)19-11-13-8-9-16(14(18)10-13)21-17-7-5-4-6-15(17)20-3/h4-10,12,19H,11H2,1-3H3. The van der Waals surface area contributed by atoms with Crippen molar-refractivity contribution in [3.8, 4) is 5.75 Å². The molecule has 4 heteroatoms. The van der Waals surface area contributed by atoms with Crippen molar-refractivity contribution in [2.75, 3.05) is 7.11 Å². The molecule has 0 atom stereocenters. The second kappa shape index (κ2) is 7.74. The number of benzene rings is 2. The van der Waals surface area contributed by atoms with Crippen molar-refractivity contribution in [1.29, 1.82) is 0 Å². The third kappa shape index (κ3) is 4.67. The van der Waals surface area contributed by atoms with E-state index in [1.54, 1.807) is 18.9 Å². The van der Waals surface area contributed by atoms with E-state index in [9.17, 15) is 0 Å². The number of rotatable bonds is 6. The zero-order valence-corrected chi connectivity index (χ0v) is 14.1. The summed E-state index contributed by atoms with van der Waals surface area (Å²) in [6.07, 6.45) is 0. The Hall–Kier alpha value is -1.16. The Morgan fingerprint density at radius 1 is 1.14 bits per heavy atom. The van der Waals surface area contributed by atoms with Crippen LogP contribution >= 0.6 is 23.4 Å². The van der Waals surface area contributed by atoms with Crippen LogP contribution in [-0.2, 0) is 6.54 Å². The molecule has 2 rings (SSSR count). The van der Waals surface area contributed by atoms with Gasteiger partial charge >= 0.3 is 0 Å². The fourth-order valence-electron chi connectivity index (χ4n) is 1.88. The van der Waals surface area contributed by atoms with Crippen LogP contribution in [0, 0.1) is 0 Å². The molecular formula is C17H20ClNOS. The lowest BCUT2D eigenvalue weighted by atomic mass is 10.2. The van der Waals surface area contributed by atoms with Crippen LogP contribution in [0.15, 0.2) is 52.3 Å². The summed E-state index contributed by atoms with van der Waals surface area (Å²) in [4.78, 5) is 2.10. The summed E-state index contributed by atoms with van der Waals surface area (Å²) in [7, 11) is 1.68. The fourth-order valence-corrected chi connectivity index (χ4v) is 3.13. The van der Waals surface area contributed by atoms with Crippen molar-refractivity contribution >= 4 is 23.4 Å². The highest BCUT2D eigenvalue weighted by Crippen LogP contribution is 2.38. The lowest BCUT2D eigenvalue weighted by Gasteiger charge is -2.11. The van der Waals surface area contributed by atoms with Crippen LogP contribution in [0.25, 0.3) is 0 Å². The molecule has 0 radical (unpaired) electrons. The molecule has 2 aromatic carbocycles. The summed E-state index contributed by atoms with van der Waals surface area (Å²) in [5, 5.41) is 4.16. The third-order valence-electron chi connectivity index (χ3n) is 3.00. The van der Waals surface area contributed by atoms with E-state index < -0.39 is 0 Å². The fraction of sp³-hybridized carbons (Fsp3) is 0.294. The Morgan fingerprint density at radius 2 is 1.90 bits per heavy atom. The van der Waals surface area contributed by atoms with E-state index in [2.05, 4.69) is 31.3 Å². The largest absolute Gasteiger partial charge is 0.496 e. The molecule has 0 aromatic heterocycles. The predicted molar refractivity (Wildman–Crippen MR) is 90.5 cm³/mol. The Kier molecular flexibility index (Phi) is 5.97. The van der Waals surface area contributed by atoms with Crippen LogP contribution in [0.3, 0.4) is 0 Å². The highest BCUT2D eigenvalue weighted by atomic mass is 35.5. The molecular weight excluding hydrogens is 302 g/mol. The molecule has 0 unspecified atom stereocenters. The van der Waals surface area contributed by atoms with Crippen molar-refractivity contribution in [3.05, 3.63) is 53.1 Å². The van der Waals surface area contributed by atoms with E-state index in [1.165, 1.54) is 5.56 Å². The average Bonchev–Trinajstić information content (AvgIpc) is 2.48. The van der Waals surface area contributed by atoms with E-state index in [0.717, 1.165) is 27.1 Å². The molecule has 0 aliphatic carbocycles. The van der Waals surface area contributed by atoms with Gasteiger partial charge in [0.15, 0.2) is 0 Å². The van der Waals surface area contributed by atoms with Gasteiger partial charge in [-0.25, -0.2) is 0 Å². The number of methoxy groups -OCH3 is 1. The molecule has 1 N–H and O–H groups in total. The van der Waals surface area contributed by atoms with E-state index in [1.807, 2.05) is 30.3 Å². The van der Waals surface area contributed by atoms with Gasteiger partial charge in [0.25, 0.3) is 0 Å². The molecule has 2 aromatic rings. The monoisotopic (exact) mass is 321 g/mol. The summed E-state index contributed by atoms with van der Waals surface area (Å²) < 4.78 is 5.37. The zero-order valence-electron chi connectivity index (χ0n) is 12.5. The Labute approximate surface area is 135 Å². The summed E-state index contributed by atoms with van der Waals surface area (Å²) >= 11 is 8.02. The van der Waals surface area contributed by atoms with Gasteiger partial charge in [-0.1, -0.05) is 55.4 Å². The summed E-state index contributed by atoms with van der Waals surface area (Å²) in [6, 6.07) is 14.6. The van der Waals surface area contributed by atoms with Crippen molar-refractivity contribution in [3.63, 3.8) is 0 Å². The first kappa shape index (κ1) is 16.2. The smallest absolute Gasteiger partial charge is 0.132 e. The molecule has 0 saturated heterocycles. The van der Waals surface area contributed by atoms with Crippen LogP contribution < -0.4 is 10.1 Å². The SMILES string of the molecule is COc1ccccc1Sc1ccc(CNC(C)C)cc1Cl. The first-order valence-corrected chi connectivity index (χ1v) is 8.12. The van der Waals surface area contributed by atoms with Gasteiger partial charge in [0.05, 0.1) is 17.0 Å². The molecule has 0 aliphatic heterocycles. The number of halogens is 1. The average molecular weight is 322 g/mol. The maximum Gasteiger partial charge on any atom is 0.132 e. The van der Waals surface area contributed by atoms with Gasteiger partial charge in [-0.15, -0.1) is 0 Å².